The smallest absolute Gasteiger partial charge is 0.255 e. The minimum atomic E-state index is -0.636. The van der Waals surface area contributed by atoms with Crippen molar-refractivity contribution in [3.63, 3.8) is 0 Å². The molecule has 1 aromatic heterocycles. The molecule has 0 aliphatic rings. The lowest BCUT2D eigenvalue weighted by Crippen LogP contribution is -2.39. The third kappa shape index (κ3) is 3.34. The fourth-order valence-electron chi connectivity index (χ4n) is 1.74. The van der Waals surface area contributed by atoms with Crippen LogP contribution in [0.2, 0.25) is 0 Å². The maximum absolute atomic E-state index is 12.0. The lowest BCUT2D eigenvalue weighted by atomic mass is 10.3. The first kappa shape index (κ1) is 15.2. The molecule has 2 amide bonds. The molecule has 0 fully saturated rings. The second kappa shape index (κ2) is 6.37. The largest absolute Gasteiger partial charge is 0.382 e. The Labute approximate surface area is 116 Å². The SMILES string of the molecule is CCN(CC)C(=O)CN(C)c1snc(N)c1C(N)=O. The molecule has 0 atom stereocenters. The molecular weight excluding hydrogens is 266 g/mol. The van der Waals surface area contributed by atoms with Crippen LogP contribution in [0, 0.1) is 0 Å². The van der Waals surface area contributed by atoms with E-state index in [0.29, 0.717) is 18.1 Å². The number of likely N-dealkylation sites (N-methyl/N-ethyl adjacent to an activating group) is 2. The first-order valence-electron chi connectivity index (χ1n) is 5.96. The summed E-state index contributed by atoms with van der Waals surface area (Å²) in [7, 11) is 1.71. The van der Waals surface area contributed by atoms with Gasteiger partial charge >= 0.3 is 0 Å². The maximum atomic E-state index is 12.0. The standard InChI is InChI=1S/C11H19N5O2S/c1-4-16(5-2)7(17)6-15(3)11-8(10(13)18)9(12)14-19-11/h4-6H2,1-3H3,(H2,12,14)(H2,13,18). The molecule has 0 saturated heterocycles. The minimum absolute atomic E-state index is 0.0186. The number of aromatic nitrogens is 1. The van der Waals surface area contributed by atoms with Gasteiger partial charge < -0.3 is 21.3 Å². The average molecular weight is 285 g/mol. The van der Waals surface area contributed by atoms with Crippen LogP contribution in [-0.4, -0.2) is 47.8 Å². The molecule has 0 bridgehead atoms. The van der Waals surface area contributed by atoms with Gasteiger partial charge in [-0.1, -0.05) is 0 Å². The topological polar surface area (TPSA) is 106 Å². The fraction of sp³-hybridized carbons (Fsp3) is 0.545. The van der Waals surface area contributed by atoms with Gasteiger partial charge in [0.05, 0.1) is 6.54 Å². The predicted octanol–water partition coefficient (Wildman–Crippen LogP) is 0.129. The summed E-state index contributed by atoms with van der Waals surface area (Å²) in [6, 6.07) is 0. The van der Waals surface area contributed by atoms with Crippen molar-refractivity contribution < 1.29 is 9.59 Å². The highest BCUT2D eigenvalue weighted by atomic mass is 32.1. The van der Waals surface area contributed by atoms with E-state index in [1.54, 1.807) is 16.8 Å². The first-order chi connectivity index (χ1) is 8.92. The third-order valence-corrected chi connectivity index (χ3v) is 3.76. The van der Waals surface area contributed by atoms with Gasteiger partial charge in [-0.2, -0.15) is 4.37 Å². The van der Waals surface area contributed by atoms with E-state index in [-0.39, 0.29) is 23.8 Å². The normalized spacial score (nSPS) is 10.3. The van der Waals surface area contributed by atoms with Crippen LogP contribution in [0.4, 0.5) is 10.8 Å². The number of carbonyl (C=O) groups excluding carboxylic acids is 2. The molecule has 0 spiro atoms. The molecule has 0 aromatic carbocycles. The van der Waals surface area contributed by atoms with Crippen LogP contribution in [0.25, 0.3) is 0 Å². The third-order valence-electron chi connectivity index (χ3n) is 2.78. The highest BCUT2D eigenvalue weighted by molar-refractivity contribution is 7.11. The zero-order valence-electron chi connectivity index (χ0n) is 11.3. The van der Waals surface area contributed by atoms with E-state index in [0.717, 1.165) is 11.5 Å². The molecule has 1 rings (SSSR count). The van der Waals surface area contributed by atoms with Gasteiger partial charge in [0.25, 0.3) is 5.91 Å². The summed E-state index contributed by atoms with van der Waals surface area (Å²) in [5, 5.41) is 0.519. The van der Waals surface area contributed by atoms with E-state index in [2.05, 4.69) is 4.37 Å². The second-order valence-electron chi connectivity index (χ2n) is 4.03. The Morgan fingerprint density at radius 1 is 1.32 bits per heavy atom. The van der Waals surface area contributed by atoms with Crippen molar-refractivity contribution in [2.24, 2.45) is 5.73 Å². The van der Waals surface area contributed by atoms with Crippen molar-refractivity contribution >= 4 is 34.2 Å². The Kier molecular flexibility index (Phi) is 5.11. The zero-order chi connectivity index (χ0) is 14.6. The second-order valence-corrected chi connectivity index (χ2v) is 4.79. The lowest BCUT2D eigenvalue weighted by molar-refractivity contribution is -0.129. The van der Waals surface area contributed by atoms with Crippen LogP contribution in [0.5, 0.6) is 0 Å². The molecule has 0 aliphatic carbocycles. The van der Waals surface area contributed by atoms with E-state index in [1.807, 2.05) is 13.8 Å². The van der Waals surface area contributed by atoms with Gasteiger partial charge in [0.2, 0.25) is 5.91 Å². The molecule has 1 aromatic rings. The van der Waals surface area contributed by atoms with Crippen molar-refractivity contribution in [1.29, 1.82) is 0 Å². The van der Waals surface area contributed by atoms with Crippen molar-refractivity contribution in [2.45, 2.75) is 13.8 Å². The monoisotopic (exact) mass is 285 g/mol. The molecule has 1 heterocycles. The molecule has 106 valence electrons. The lowest BCUT2D eigenvalue weighted by Gasteiger charge is -2.23. The number of carbonyl (C=O) groups is 2. The molecule has 0 saturated carbocycles. The van der Waals surface area contributed by atoms with Crippen molar-refractivity contribution in [2.75, 3.05) is 37.3 Å². The Hall–Kier alpha value is -1.83. The van der Waals surface area contributed by atoms with Crippen LogP contribution < -0.4 is 16.4 Å². The van der Waals surface area contributed by atoms with Crippen molar-refractivity contribution in [3.8, 4) is 0 Å². The van der Waals surface area contributed by atoms with Crippen LogP contribution in [0.3, 0.4) is 0 Å². The Balaban J connectivity index is 2.87. The first-order valence-corrected chi connectivity index (χ1v) is 6.73. The molecule has 4 N–H and O–H groups in total. The van der Waals surface area contributed by atoms with Crippen LogP contribution >= 0.6 is 11.5 Å². The van der Waals surface area contributed by atoms with Gasteiger partial charge in [-0.15, -0.1) is 0 Å². The molecule has 7 nitrogen and oxygen atoms in total. The molecule has 0 radical (unpaired) electrons. The number of rotatable bonds is 6. The maximum Gasteiger partial charge on any atom is 0.255 e. The predicted molar refractivity (Wildman–Crippen MR) is 76.2 cm³/mol. The van der Waals surface area contributed by atoms with Crippen LogP contribution in [0.1, 0.15) is 24.2 Å². The highest BCUT2D eigenvalue weighted by Gasteiger charge is 2.22. The van der Waals surface area contributed by atoms with Gasteiger partial charge in [0, 0.05) is 20.1 Å². The number of hydrogen-bond donors (Lipinski definition) is 2. The van der Waals surface area contributed by atoms with E-state index in [4.69, 9.17) is 11.5 Å². The summed E-state index contributed by atoms with van der Waals surface area (Å²) >= 11 is 1.06. The van der Waals surface area contributed by atoms with Gasteiger partial charge in [0.1, 0.15) is 10.6 Å². The molecule has 8 heteroatoms. The van der Waals surface area contributed by atoms with E-state index < -0.39 is 5.91 Å². The summed E-state index contributed by atoms with van der Waals surface area (Å²) in [5.41, 5.74) is 11.0. The van der Waals surface area contributed by atoms with Gasteiger partial charge in [-0.25, -0.2) is 0 Å². The van der Waals surface area contributed by atoms with Crippen molar-refractivity contribution in [3.05, 3.63) is 5.56 Å². The molecule has 0 unspecified atom stereocenters. The van der Waals surface area contributed by atoms with Gasteiger partial charge in [-0.3, -0.25) is 9.59 Å². The van der Waals surface area contributed by atoms with E-state index in [9.17, 15) is 9.59 Å². The number of amides is 2. The number of nitrogen functional groups attached to an aromatic ring is 1. The molecular formula is C11H19N5O2S. The van der Waals surface area contributed by atoms with Gasteiger partial charge in [-0.05, 0) is 25.4 Å². The van der Waals surface area contributed by atoms with Crippen molar-refractivity contribution in [1.82, 2.24) is 9.27 Å². The summed E-state index contributed by atoms with van der Waals surface area (Å²) in [5.74, 6) is -0.548. The Bertz CT molecular complexity index is 470. The Morgan fingerprint density at radius 2 is 1.89 bits per heavy atom. The number of anilines is 2. The summed E-state index contributed by atoms with van der Waals surface area (Å²) in [6.07, 6.45) is 0. The molecule has 0 aliphatic heterocycles. The van der Waals surface area contributed by atoms with Crippen LogP contribution in [0.15, 0.2) is 0 Å². The number of nitrogens with two attached hydrogens (primary N) is 2. The fourth-order valence-corrected chi connectivity index (χ4v) is 2.51. The number of nitrogens with zero attached hydrogens (tertiary/aromatic N) is 3. The van der Waals surface area contributed by atoms with E-state index in [1.165, 1.54) is 0 Å². The summed E-state index contributed by atoms with van der Waals surface area (Å²) in [4.78, 5) is 26.7. The van der Waals surface area contributed by atoms with Crippen LogP contribution in [-0.2, 0) is 4.79 Å². The number of primary amides is 1. The molecule has 19 heavy (non-hydrogen) atoms. The zero-order valence-corrected chi connectivity index (χ0v) is 12.2. The van der Waals surface area contributed by atoms with Gasteiger partial charge in [0.15, 0.2) is 5.82 Å². The summed E-state index contributed by atoms with van der Waals surface area (Å²) in [6.45, 7) is 5.29. The quantitative estimate of drug-likeness (QED) is 0.772. The minimum Gasteiger partial charge on any atom is -0.382 e. The number of hydrogen-bond acceptors (Lipinski definition) is 6. The average Bonchev–Trinajstić information content (AvgIpc) is 2.72. The Morgan fingerprint density at radius 3 is 2.37 bits per heavy atom. The van der Waals surface area contributed by atoms with E-state index >= 15 is 0 Å². The highest BCUT2D eigenvalue weighted by Crippen LogP contribution is 2.29. The summed E-state index contributed by atoms with van der Waals surface area (Å²) < 4.78 is 3.90.